The number of carbonyl (C=O) groups excluding carboxylic acids is 2. The van der Waals surface area contributed by atoms with Crippen LogP contribution in [-0.2, 0) is 16.0 Å². The van der Waals surface area contributed by atoms with Crippen LogP contribution in [0.4, 0.5) is 0 Å². The second-order valence-corrected chi connectivity index (χ2v) is 5.22. The summed E-state index contributed by atoms with van der Waals surface area (Å²) in [5.74, 6) is -0.302. The Balaban J connectivity index is 1.92. The van der Waals surface area contributed by atoms with Crippen LogP contribution in [0.25, 0.3) is 0 Å². The molecule has 5 heteroatoms. The highest BCUT2D eigenvalue weighted by Crippen LogP contribution is 2.32. The average Bonchev–Trinajstić information content (AvgIpc) is 2.75. The van der Waals surface area contributed by atoms with E-state index in [1.54, 1.807) is 11.3 Å². The van der Waals surface area contributed by atoms with Gasteiger partial charge in [-0.3, -0.25) is 9.59 Å². The quantitative estimate of drug-likeness (QED) is 0.854. The lowest BCUT2D eigenvalue weighted by Gasteiger charge is -2.23. The van der Waals surface area contributed by atoms with Crippen LogP contribution in [0, 0.1) is 0 Å². The molecule has 1 aromatic rings. The molecule has 2 N–H and O–H groups in total. The van der Waals surface area contributed by atoms with E-state index in [9.17, 15) is 9.59 Å². The molecule has 17 heavy (non-hydrogen) atoms. The second kappa shape index (κ2) is 5.31. The summed E-state index contributed by atoms with van der Waals surface area (Å²) in [5, 5.41) is 7.55. The first kappa shape index (κ1) is 12.1. The van der Waals surface area contributed by atoms with E-state index >= 15 is 0 Å². The molecule has 0 aromatic carbocycles. The fourth-order valence-corrected chi connectivity index (χ4v) is 3.07. The minimum absolute atomic E-state index is 0.0608. The Morgan fingerprint density at radius 2 is 2.35 bits per heavy atom. The van der Waals surface area contributed by atoms with E-state index in [2.05, 4.69) is 22.1 Å². The van der Waals surface area contributed by atoms with E-state index < -0.39 is 0 Å². The van der Waals surface area contributed by atoms with Gasteiger partial charge in [-0.2, -0.15) is 0 Å². The Hall–Kier alpha value is -1.36. The van der Waals surface area contributed by atoms with Gasteiger partial charge in [0.15, 0.2) is 0 Å². The summed E-state index contributed by atoms with van der Waals surface area (Å²) in [6, 6.07) is 2.20. The Bertz CT molecular complexity index is 428. The molecule has 0 aliphatic heterocycles. The van der Waals surface area contributed by atoms with Crippen molar-refractivity contribution >= 4 is 23.2 Å². The highest BCUT2D eigenvalue weighted by molar-refractivity contribution is 7.10. The van der Waals surface area contributed by atoms with Crippen LogP contribution in [0.15, 0.2) is 11.4 Å². The van der Waals surface area contributed by atoms with Gasteiger partial charge in [-0.15, -0.1) is 11.3 Å². The Kier molecular flexibility index (Phi) is 3.78. The number of fused-ring (bicyclic) bond motifs is 1. The van der Waals surface area contributed by atoms with Gasteiger partial charge in [0.25, 0.3) is 0 Å². The van der Waals surface area contributed by atoms with Crippen molar-refractivity contribution in [3.63, 3.8) is 0 Å². The van der Waals surface area contributed by atoms with Crippen molar-refractivity contribution < 1.29 is 9.59 Å². The predicted molar refractivity (Wildman–Crippen MR) is 66.8 cm³/mol. The molecule has 0 saturated carbocycles. The number of rotatable bonds is 3. The molecule has 1 atom stereocenters. The van der Waals surface area contributed by atoms with Gasteiger partial charge < -0.3 is 10.6 Å². The predicted octanol–water partition coefficient (Wildman–Crippen LogP) is 1.38. The van der Waals surface area contributed by atoms with Crippen LogP contribution in [0.1, 0.15) is 36.2 Å². The fourth-order valence-electron chi connectivity index (χ4n) is 2.09. The van der Waals surface area contributed by atoms with E-state index in [1.807, 2.05) is 0 Å². The monoisotopic (exact) mass is 252 g/mol. The molecular formula is C12H16N2O2S. The maximum absolute atomic E-state index is 11.6. The summed E-state index contributed by atoms with van der Waals surface area (Å²) in [6.07, 6.45) is 3.21. The standard InChI is InChI=1S/C12H16N2O2S/c1-8(15)13-7-12(16)14-10-3-2-4-11-9(10)5-6-17-11/h5-6,10H,2-4,7H2,1H3,(H,13,15)(H,14,16)/t10-/m0/s1. The van der Waals surface area contributed by atoms with Crippen LogP contribution in [0.2, 0.25) is 0 Å². The van der Waals surface area contributed by atoms with E-state index in [0.29, 0.717) is 0 Å². The molecule has 0 spiro atoms. The van der Waals surface area contributed by atoms with E-state index in [0.717, 1.165) is 19.3 Å². The molecule has 1 aliphatic rings. The van der Waals surface area contributed by atoms with Crippen molar-refractivity contribution in [3.05, 3.63) is 21.9 Å². The number of amides is 2. The Morgan fingerprint density at radius 3 is 3.12 bits per heavy atom. The lowest BCUT2D eigenvalue weighted by atomic mass is 9.94. The van der Waals surface area contributed by atoms with Gasteiger partial charge in [-0.1, -0.05) is 0 Å². The van der Waals surface area contributed by atoms with Crippen molar-refractivity contribution in [1.82, 2.24) is 10.6 Å². The molecular weight excluding hydrogens is 236 g/mol. The van der Waals surface area contributed by atoms with Crippen molar-refractivity contribution in [2.45, 2.75) is 32.2 Å². The third-order valence-corrected chi connectivity index (χ3v) is 3.88. The van der Waals surface area contributed by atoms with Gasteiger partial charge in [-0.05, 0) is 36.3 Å². The summed E-state index contributed by atoms with van der Waals surface area (Å²) in [4.78, 5) is 23.7. The molecule has 1 aromatic heterocycles. The molecule has 1 heterocycles. The molecule has 0 fully saturated rings. The van der Waals surface area contributed by atoms with Crippen LogP contribution < -0.4 is 10.6 Å². The van der Waals surface area contributed by atoms with Crippen LogP contribution in [0.5, 0.6) is 0 Å². The van der Waals surface area contributed by atoms with Gasteiger partial charge >= 0.3 is 0 Å². The van der Waals surface area contributed by atoms with Crippen LogP contribution in [0.3, 0.4) is 0 Å². The number of carbonyl (C=O) groups is 2. The largest absolute Gasteiger partial charge is 0.348 e. The van der Waals surface area contributed by atoms with Gasteiger partial charge in [0.05, 0.1) is 12.6 Å². The second-order valence-electron chi connectivity index (χ2n) is 4.22. The van der Waals surface area contributed by atoms with Crippen molar-refractivity contribution in [2.75, 3.05) is 6.54 Å². The zero-order valence-corrected chi connectivity index (χ0v) is 10.6. The van der Waals surface area contributed by atoms with E-state index in [4.69, 9.17) is 0 Å². The van der Waals surface area contributed by atoms with Gasteiger partial charge in [-0.25, -0.2) is 0 Å². The minimum Gasteiger partial charge on any atom is -0.348 e. The van der Waals surface area contributed by atoms with E-state index in [1.165, 1.54) is 17.4 Å². The Morgan fingerprint density at radius 1 is 1.53 bits per heavy atom. The third kappa shape index (κ3) is 3.06. The van der Waals surface area contributed by atoms with Crippen LogP contribution in [-0.4, -0.2) is 18.4 Å². The lowest BCUT2D eigenvalue weighted by molar-refractivity contribution is -0.125. The molecule has 4 nitrogen and oxygen atoms in total. The van der Waals surface area contributed by atoms with Crippen molar-refractivity contribution in [3.8, 4) is 0 Å². The lowest BCUT2D eigenvalue weighted by Crippen LogP contribution is -2.38. The molecule has 2 rings (SSSR count). The molecule has 2 amide bonds. The fraction of sp³-hybridized carbons (Fsp3) is 0.500. The average molecular weight is 252 g/mol. The highest BCUT2D eigenvalue weighted by atomic mass is 32.1. The topological polar surface area (TPSA) is 58.2 Å². The van der Waals surface area contributed by atoms with Gasteiger partial charge in [0.1, 0.15) is 0 Å². The maximum atomic E-state index is 11.6. The first-order chi connectivity index (χ1) is 8.16. The van der Waals surface area contributed by atoms with Crippen molar-refractivity contribution in [1.29, 1.82) is 0 Å². The third-order valence-electron chi connectivity index (χ3n) is 2.89. The normalized spacial score (nSPS) is 18.3. The number of aryl methyl sites for hydroxylation is 1. The first-order valence-corrected chi connectivity index (χ1v) is 6.65. The Labute approximate surface area is 104 Å². The number of nitrogens with one attached hydrogen (secondary N) is 2. The summed E-state index contributed by atoms with van der Waals surface area (Å²) >= 11 is 1.75. The first-order valence-electron chi connectivity index (χ1n) is 5.77. The minimum atomic E-state index is -0.181. The molecule has 92 valence electrons. The molecule has 0 unspecified atom stereocenters. The molecule has 0 radical (unpaired) electrons. The van der Waals surface area contributed by atoms with Gasteiger partial charge in [0, 0.05) is 11.8 Å². The number of thiophene rings is 1. The number of hydrogen-bond donors (Lipinski definition) is 2. The summed E-state index contributed by atoms with van der Waals surface area (Å²) in [7, 11) is 0. The zero-order chi connectivity index (χ0) is 12.3. The summed E-state index contributed by atoms with van der Waals surface area (Å²) in [6.45, 7) is 1.47. The van der Waals surface area contributed by atoms with Gasteiger partial charge in [0.2, 0.25) is 11.8 Å². The SMILES string of the molecule is CC(=O)NCC(=O)N[C@H]1CCCc2sccc21. The molecule has 1 aliphatic carbocycles. The zero-order valence-electron chi connectivity index (χ0n) is 9.79. The molecule has 0 saturated heterocycles. The van der Waals surface area contributed by atoms with Crippen molar-refractivity contribution in [2.24, 2.45) is 0 Å². The highest BCUT2D eigenvalue weighted by Gasteiger charge is 2.22. The summed E-state index contributed by atoms with van der Waals surface area (Å²) in [5.41, 5.74) is 1.25. The smallest absolute Gasteiger partial charge is 0.239 e. The van der Waals surface area contributed by atoms with Crippen LogP contribution >= 0.6 is 11.3 Å². The summed E-state index contributed by atoms with van der Waals surface area (Å²) < 4.78 is 0. The molecule has 0 bridgehead atoms. The number of hydrogen-bond acceptors (Lipinski definition) is 3. The van der Waals surface area contributed by atoms with E-state index in [-0.39, 0.29) is 24.4 Å². The maximum Gasteiger partial charge on any atom is 0.239 e.